The molecule has 45 heavy (non-hydrogen) atoms. The summed E-state index contributed by atoms with van der Waals surface area (Å²) >= 11 is 0. The summed E-state index contributed by atoms with van der Waals surface area (Å²) in [6, 6.07) is 51.3. The van der Waals surface area contributed by atoms with Crippen molar-refractivity contribution >= 4 is 76.1 Å². The van der Waals surface area contributed by atoms with Crippen LogP contribution in [0.15, 0.2) is 150 Å². The Morgan fingerprint density at radius 1 is 0.333 bits per heavy atom. The smallest absolute Gasteiger partial charge is 0.136 e. The number of benzene rings is 8. The Labute approximate surface area is 258 Å². The molecule has 10 rings (SSSR count). The molecule has 2 aromatic heterocycles. The van der Waals surface area contributed by atoms with Gasteiger partial charge in [-0.15, -0.1) is 0 Å². The maximum atomic E-state index is 6.31. The molecule has 0 radical (unpaired) electrons. The molecule has 0 aliphatic carbocycles. The van der Waals surface area contributed by atoms with Crippen LogP contribution in [0.1, 0.15) is 0 Å². The molecule has 2 heterocycles. The number of para-hydroxylation sites is 3. The SMILES string of the molecule is c1ccc2c(c1)ccc1c2ccc2ccc3cccc(-c4nc5ccccc5nc4-c4cccc5oc6ccccc6c45)c3c21. The van der Waals surface area contributed by atoms with Gasteiger partial charge in [-0.3, -0.25) is 0 Å². The molecular weight excluding hydrogens is 548 g/mol. The first kappa shape index (κ1) is 24.4. The average molecular weight is 573 g/mol. The van der Waals surface area contributed by atoms with Gasteiger partial charge in [-0.25, -0.2) is 9.97 Å². The topological polar surface area (TPSA) is 38.9 Å². The molecule has 3 nitrogen and oxygen atoms in total. The highest BCUT2D eigenvalue weighted by Crippen LogP contribution is 2.44. The summed E-state index contributed by atoms with van der Waals surface area (Å²) in [4.78, 5) is 10.7. The van der Waals surface area contributed by atoms with Gasteiger partial charge in [-0.05, 0) is 67.4 Å². The van der Waals surface area contributed by atoms with Crippen LogP contribution in [0.4, 0.5) is 0 Å². The van der Waals surface area contributed by atoms with Gasteiger partial charge in [0.25, 0.3) is 0 Å². The van der Waals surface area contributed by atoms with Gasteiger partial charge in [0.2, 0.25) is 0 Å². The van der Waals surface area contributed by atoms with E-state index in [4.69, 9.17) is 14.4 Å². The molecule has 8 aromatic carbocycles. The lowest BCUT2D eigenvalue weighted by Crippen LogP contribution is -1.97. The molecule has 0 spiro atoms. The fourth-order valence-electron chi connectivity index (χ4n) is 7.24. The van der Waals surface area contributed by atoms with Crippen molar-refractivity contribution in [2.24, 2.45) is 0 Å². The Kier molecular flexibility index (Phi) is 5.00. The number of aromatic nitrogens is 2. The van der Waals surface area contributed by atoms with Crippen LogP contribution in [0.2, 0.25) is 0 Å². The summed E-state index contributed by atoms with van der Waals surface area (Å²) in [7, 11) is 0. The summed E-state index contributed by atoms with van der Waals surface area (Å²) < 4.78 is 6.31. The van der Waals surface area contributed by atoms with Crippen molar-refractivity contribution in [3.63, 3.8) is 0 Å². The molecule has 3 heteroatoms. The Hall–Kier alpha value is -6.06. The van der Waals surface area contributed by atoms with Gasteiger partial charge in [-0.2, -0.15) is 0 Å². The Morgan fingerprint density at radius 2 is 0.889 bits per heavy atom. The van der Waals surface area contributed by atoms with E-state index in [0.717, 1.165) is 55.5 Å². The minimum Gasteiger partial charge on any atom is -0.456 e. The third-order valence-corrected chi connectivity index (χ3v) is 9.23. The van der Waals surface area contributed by atoms with Crippen molar-refractivity contribution in [2.75, 3.05) is 0 Å². The first-order valence-corrected chi connectivity index (χ1v) is 15.3. The van der Waals surface area contributed by atoms with Gasteiger partial charge < -0.3 is 4.42 Å². The normalized spacial score (nSPS) is 12.0. The summed E-state index contributed by atoms with van der Waals surface area (Å²) in [6.45, 7) is 0. The van der Waals surface area contributed by atoms with E-state index in [-0.39, 0.29) is 0 Å². The minimum atomic E-state index is 0.843. The minimum absolute atomic E-state index is 0.843. The monoisotopic (exact) mass is 572 g/mol. The van der Waals surface area contributed by atoms with Crippen LogP contribution in [0, 0.1) is 0 Å². The highest BCUT2D eigenvalue weighted by atomic mass is 16.3. The molecule has 10 aromatic rings. The maximum absolute atomic E-state index is 6.31. The van der Waals surface area contributed by atoms with Gasteiger partial charge in [0.1, 0.15) is 11.2 Å². The fourth-order valence-corrected chi connectivity index (χ4v) is 7.24. The van der Waals surface area contributed by atoms with Crippen molar-refractivity contribution < 1.29 is 4.42 Å². The van der Waals surface area contributed by atoms with E-state index in [1.54, 1.807) is 0 Å². The van der Waals surface area contributed by atoms with Gasteiger partial charge in [-0.1, -0.05) is 121 Å². The molecule has 0 bridgehead atoms. The predicted octanol–water partition coefficient (Wildman–Crippen LogP) is 11.5. The number of nitrogens with zero attached hydrogens (tertiary/aromatic N) is 2. The van der Waals surface area contributed by atoms with Crippen LogP contribution in [-0.2, 0) is 0 Å². The van der Waals surface area contributed by atoms with E-state index in [0.29, 0.717) is 0 Å². The second-order valence-electron chi connectivity index (χ2n) is 11.7. The number of furan rings is 1. The van der Waals surface area contributed by atoms with E-state index >= 15 is 0 Å². The number of hydrogen-bond donors (Lipinski definition) is 0. The summed E-state index contributed by atoms with van der Waals surface area (Å²) in [5.74, 6) is 0. The largest absolute Gasteiger partial charge is 0.456 e. The quantitative estimate of drug-likeness (QED) is 0.193. The molecule has 0 aliphatic rings. The lowest BCUT2D eigenvalue weighted by molar-refractivity contribution is 0.669. The first-order chi connectivity index (χ1) is 22.3. The van der Waals surface area contributed by atoms with Crippen molar-refractivity contribution in [1.29, 1.82) is 0 Å². The molecule has 0 N–H and O–H groups in total. The van der Waals surface area contributed by atoms with Gasteiger partial charge in [0.15, 0.2) is 0 Å². The molecule has 0 saturated carbocycles. The first-order valence-electron chi connectivity index (χ1n) is 15.3. The van der Waals surface area contributed by atoms with Crippen molar-refractivity contribution in [3.05, 3.63) is 146 Å². The van der Waals surface area contributed by atoms with E-state index in [9.17, 15) is 0 Å². The van der Waals surface area contributed by atoms with Crippen molar-refractivity contribution in [3.8, 4) is 22.5 Å². The van der Waals surface area contributed by atoms with Crippen LogP contribution in [0.25, 0.3) is 98.6 Å². The third-order valence-electron chi connectivity index (χ3n) is 9.23. The molecule has 0 fully saturated rings. The molecule has 0 unspecified atom stereocenters. The Morgan fingerprint density at radius 3 is 1.71 bits per heavy atom. The Bertz CT molecular complexity index is 2830. The number of hydrogen-bond acceptors (Lipinski definition) is 3. The van der Waals surface area contributed by atoms with Gasteiger partial charge >= 0.3 is 0 Å². The van der Waals surface area contributed by atoms with Gasteiger partial charge in [0, 0.05) is 21.9 Å². The summed E-state index contributed by atoms with van der Waals surface area (Å²) in [5.41, 5.74) is 7.23. The zero-order valence-corrected chi connectivity index (χ0v) is 24.2. The summed E-state index contributed by atoms with van der Waals surface area (Å²) in [5, 5.41) is 11.9. The second-order valence-corrected chi connectivity index (χ2v) is 11.7. The van der Waals surface area contributed by atoms with E-state index in [1.165, 1.54) is 43.1 Å². The van der Waals surface area contributed by atoms with E-state index in [1.807, 2.05) is 42.5 Å². The number of rotatable bonds is 2. The Balaban J connectivity index is 1.38. The molecule has 0 aliphatic heterocycles. The van der Waals surface area contributed by atoms with Crippen LogP contribution in [0.3, 0.4) is 0 Å². The third kappa shape index (κ3) is 3.52. The van der Waals surface area contributed by atoms with E-state index < -0.39 is 0 Å². The van der Waals surface area contributed by atoms with Crippen LogP contribution in [-0.4, -0.2) is 9.97 Å². The van der Waals surface area contributed by atoms with Crippen LogP contribution >= 0.6 is 0 Å². The van der Waals surface area contributed by atoms with E-state index in [2.05, 4.69) is 103 Å². The highest BCUT2D eigenvalue weighted by Gasteiger charge is 2.21. The molecular formula is C42H24N2O. The maximum Gasteiger partial charge on any atom is 0.136 e. The fraction of sp³-hybridized carbons (Fsp3) is 0. The lowest BCUT2D eigenvalue weighted by atomic mass is 9.90. The predicted molar refractivity (Wildman–Crippen MR) is 188 cm³/mol. The van der Waals surface area contributed by atoms with Crippen LogP contribution in [0.5, 0.6) is 0 Å². The molecule has 208 valence electrons. The standard InChI is InChI=1S/C42H24N2O/c1-2-11-28-25(9-1)21-24-30-29(28)23-22-27-20-19-26-10-7-13-32(39(26)38(27)30)41-42(44-35-16-5-4-15-34(35)43-41)33-14-8-18-37-40(33)31-12-3-6-17-36(31)45-37/h1-24H. The highest BCUT2D eigenvalue weighted by molar-refractivity contribution is 6.27. The molecule has 0 saturated heterocycles. The van der Waals surface area contributed by atoms with Crippen LogP contribution < -0.4 is 0 Å². The molecule has 0 atom stereocenters. The second kappa shape index (κ2) is 9.22. The summed E-state index contributed by atoms with van der Waals surface area (Å²) in [6.07, 6.45) is 0. The molecule has 0 amide bonds. The lowest BCUT2D eigenvalue weighted by Gasteiger charge is -2.16. The van der Waals surface area contributed by atoms with Crippen molar-refractivity contribution in [2.45, 2.75) is 0 Å². The zero-order valence-electron chi connectivity index (χ0n) is 24.2. The zero-order chi connectivity index (χ0) is 29.5. The average Bonchev–Trinajstić information content (AvgIpc) is 3.49. The van der Waals surface area contributed by atoms with Gasteiger partial charge in [0.05, 0.1) is 22.4 Å². The number of fused-ring (bicyclic) bond motifs is 11. The van der Waals surface area contributed by atoms with Crippen molar-refractivity contribution in [1.82, 2.24) is 9.97 Å².